The lowest BCUT2D eigenvalue weighted by molar-refractivity contribution is 0.186. The van der Waals surface area contributed by atoms with Gasteiger partial charge in [-0.05, 0) is 43.1 Å². The van der Waals surface area contributed by atoms with Gasteiger partial charge in [0.1, 0.15) is 10.8 Å². The van der Waals surface area contributed by atoms with E-state index in [0.717, 1.165) is 25.9 Å². The van der Waals surface area contributed by atoms with Crippen LogP contribution in [-0.2, 0) is 0 Å². The van der Waals surface area contributed by atoms with Crippen molar-refractivity contribution in [2.45, 2.75) is 48.6 Å². The van der Waals surface area contributed by atoms with Crippen molar-refractivity contribution in [3.05, 3.63) is 23.7 Å². The van der Waals surface area contributed by atoms with Gasteiger partial charge in [0.15, 0.2) is 17.3 Å². The topological polar surface area (TPSA) is 159 Å². The Balaban J connectivity index is 1.47. The van der Waals surface area contributed by atoms with Gasteiger partial charge in [-0.3, -0.25) is 0 Å². The molecule has 2 aliphatic rings. The molecule has 12 heteroatoms. The third-order valence-electron chi connectivity index (χ3n) is 7.00. The number of piperidine rings is 1. The summed E-state index contributed by atoms with van der Waals surface area (Å²) in [4.78, 5) is 16.3. The second-order valence-electron chi connectivity index (χ2n) is 8.83. The highest BCUT2D eigenvalue weighted by atomic mass is 35.5. The van der Waals surface area contributed by atoms with Crippen molar-refractivity contribution < 1.29 is 4.42 Å². The van der Waals surface area contributed by atoms with Gasteiger partial charge >= 0.3 is 0 Å². The molecule has 1 spiro atoms. The molecule has 3 aromatic heterocycles. The molecule has 4 heterocycles. The van der Waals surface area contributed by atoms with Gasteiger partial charge < -0.3 is 26.5 Å². The molecule has 1 aliphatic heterocycles. The van der Waals surface area contributed by atoms with E-state index in [1.807, 2.05) is 0 Å². The van der Waals surface area contributed by atoms with Gasteiger partial charge in [-0.15, -0.1) is 10.2 Å². The summed E-state index contributed by atoms with van der Waals surface area (Å²) in [7, 11) is 0. The summed E-state index contributed by atoms with van der Waals surface area (Å²) in [5, 5.41) is 8.71. The van der Waals surface area contributed by atoms with Crippen molar-refractivity contribution in [2.24, 2.45) is 17.1 Å². The van der Waals surface area contributed by atoms with Gasteiger partial charge in [-0.2, -0.15) is 0 Å². The number of rotatable bonds is 4. The Labute approximate surface area is 200 Å². The smallest absolute Gasteiger partial charge is 0.269 e. The van der Waals surface area contributed by atoms with Crippen LogP contribution in [0.5, 0.6) is 0 Å². The second-order valence-corrected chi connectivity index (χ2v) is 10.2. The van der Waals surface area contributed by atoms with Gasteiger partial charge in [0.05, 0.1) is 5.02 Å². The molecule has 1 saturated carbocycles. The molecule has 0 aromatic carbocycles. The minimum Gasteiger partial charge on any atom is -0.422 e. The van der Waals surface area contributed by atoms with Crippen molar-refractivity contribution in [3.8, 4) is 11.6 Å². The van der Waals surface area contributed by atoms with Crippen LogP contribution in [0.3, 0.4) is 0 Å². The number of aromatic nitrogens is 5. The van der Waals surface area contributed by atoms with E-state index < -0.39 is 0 Å². The maximum Gasteiger partial charge on any atom is 0.269 e. The lowest BCUT2D eigenvalue weighted by Crippen LogP contribution is -2.48. The first-order valence-electron chi connectivity index (χ1n) is 10.9. The van der Waals surface area contributed by atoms with Gasteiger partial charge in [0.25, 0.3) is 5.89 Å². The number of nitrogens with zero attached hydrogens (tertiary/aromatic N) is 6. The van der Waals surface area contributed by atoms with Gasteiger partial charge in [0, 0.05) is 30.2 Å². The molecule has 0 radical (unpaired) electrons. The Morgan fingerprint density at radius 3 is 2.64 bits per heavy atom. The van der Waals surface area contributed by atoms with Crippen LogP contribution in [-0.4, -0.2) is 44.3 Å². The predicted octanol–water partition coefficient (Wildman–Crippen LogP) is 3.23. The van der Waals surface area contributed by atoms with Crippen molar-refractivity contribution in [1.82, 2.24) is 25.1 Å². The second kappa shape index (κ2) is 8.62. The molecule has 33 heavy (non-hydrogen) atoms. The molecule has 0 amide bonds. The Kier molecular flexibility index (Phi) is 5.79. The van der Waals surface area contributed by atoms with E-state index >= 15 is 0 Å². The van der Waals surface area contributed by atoms with Crippen molar-refractivity contribution in [3.63, 3.8) is 0 Å². The summed E-state index contributed by atoms with van der Waals surface area (Å²) in [5.41, 5.74) is 19.5. The summed E-state index contributed by atoms with van der Waals surface area (Å²) < 4.78 is 5.49. The molecule has 10 nitrogen and oxygen atoms in total. The zero-order valence-corrected chi connectivity index (χ0v) is 19.8. The lowest BCUT2D eigenvalue weighted by atomic mass is 9.73. The number of hydrogen-bond acceptors (Lipinski definition) is 11. The van der Waals surface area contributed by atoms with E-state index in [4.69, 9.17) is 43.2 Å². The highest BCUT2D eigenvalue weighted by Crippen LogP contribution is 2.49. The number of halogens is 1. The number of nitrogens with two attached hydrogens (primary N) is 3. The molecule has 0 bridgehead atoms. The Morgan fingerprint density at radius 2 is 1.97 bits per heavy atom. The molecule has 1 saturated heterocycles. The van der Waals surface area contributed by atoms with E-state index in [1.165, 1.54) is 31.0 Å². The molecular weight excluding hydrogens is 462 g/mol. The predicted molar refractivity (Wildman–Crippen MR) is 128 cm³/mol. The molecule has 2 atom stereocenters. The Morgan fingerprint density at radius 1 is 1.18 bits per heavy atom. The number of pyridine rings is 1. The van der Waals surface area contributed by atoms with Crippen LogP contribution >= 0.6 is 23.4 Å². The maximum atomic E-state index is 6.59. The Hall–Kier alpha value is -2.63. The van der Waals surface area contributed by atoms with E-state index in [2.05, 4.69) is 27.0 Å². The molecule has 174 valence electrons. The molecule has 2 fully saturated rings. The summed E-state index contributed by atoms with van der Waals surface area (Å²) in [5.74, 6) is 2.01. The van der Waals surface area contributed by atoms with E-state index in [1.54, 1.807) is 12.3 Å². The SMILES string of the molecule is C[C@@H]1CCC2(CCN(c3nc(N)c(Sc4ccnc(N)c4Cl)nc3-c3nnco3)CC2)[C@@H]1N. The third-order valence-corrected chi connectivity index (χ3v) is 8.56. The van der Waals surface area contributed by atoms with Crippen LogP contribution in [0.4, 0.5) is 17.5 Å². The van der Waals surface area contributed by atoms with Crippen LogP contribution < -0.4 is 22.1 Å². The molecule has 5 rings (SSSR count). The minimum absolute atomic E-state index is 0.202. The standard InChI is InChI=1S/C21H26ClN9OS/c1-11-2-4-21(15(11)23)5-8-31(9-6-21)18-14(19-30-27-10-32-19)28-20(17(25)29-18)33-12-3-7-26-16(24)13(12)22/h3,7,10-11,15H,2,4-6,8-9,23H2,1H3,(H2,24,26)(H2,25,29)/t11-,15-/m1/s1. The molecule has 0 unspecified atom stereocenters. The van der Waals surface area contributed by atoms with Crippen LogP contribution in [0.15, 0.2) is 33.0 Å². The molecule has 3 aromatic rings. The fraction of sp³-hybridized carbons (Fsp3) is 0.476. The average molecular weight is 488 g/mol. The minimum atomic E-state index is 0.202. The molecule has 6 N–H and O–H groups in total. The van der Waals surface area contributed by atoms with Crippen molar-refractivity contribution >= 4 is 40.8 Å². The first-order chi connectivity index (χ1) is 15.9. The average Bonchev–Trinajstić information content (AvgIpc) is 3.44. The van der Waals surface area contributed by atoms with Crippen LogP contribution in [0, 0.1) is 11.3 Å². The van der Waals surface area contributed by atoms with Gasteiger partial charge in [-0.25, -0.2) is 15.0 Å². The van der Waals surface area contributed by atoms with E-state index in [-0.39, 0.29) is 29.0 Å². The zero-order chi connectivity index (χ0) is 23.2. The normalized spacial score (nSPS) is 22.2. The fourth-order valence-corrected chi connectivity index (χ4v) is 6.02. The maximum absolute atomic E-state index is 6.59. The third kappa shape index (κ3) is 3.98. The fourth-order valence-electron chi connectivity index (χ4n) is 4.98. The lowest BCUT2D eigenvalue weighted by Gasteiger charge is -2.43. The van der Waals surface area contributed by atoms with E-state index in [0.29, 0.717) is 32.4 Å². The molecular formula is C21H26ClN9OS. The van der Waals surface area contributed by atoms with Gasteiger partial charge in [-0.1, -0.05) is 30.3 Å². The summed E-state index contributed by atoms with van der Waals surface area (Å²) in [6, 6.07) is 1.99. The number of anilines is 3. The van der Waals surface area contributed by atoms with Crippen LogP contribution in [0.25, 0.3) is 11.6 Å². The quantitative estimate of drug-likeness (QED) is 0.495. The highest BCUT2D eigenvalue weighted by Gasteiger charge is 2.46. The number of hydrogen-bond donors (Lipinski definition) is 3. The van der Waals surface area contributed by atoms with Crippen LogP contribution in [0.2, 0.25) is 5.02 Å². The largest absolute Gasteiger partial charge is 0.422 e. The van der Waals surface area contributed by atoms with Crippen LogP contribution in [0.1, 0.15) is 32.6 Å². The Bertz CT molecular complexity index is 1150. The first-order valence-corrected chi connectivity index (χ1v) is 12.1. The summed E-state index contributed by atoms with van der Waals surface area (Å²) in [6.45, 7) is 3.88. The summed E-state index contributed by atoms with van der Waals surface area (Å²) >= 11 is 7.57. The van der Waals surface area contributed by atoms with E-state index in [9.17, 15) is 0 Å². The summed E-state index contributed by atoms with van der Waals surface area (Å²) in [6.07, 6.45) is 7.23. The number of nitrogen functional groups attached to an aromatic ring is 2. The molecule has 1 aliphatic carbocycles. The van der Waals surface area contributed by atoms with Crippen molar-refractivity contribution in [2.75, 3.05) is 29.5 Å². The van der Waals surface area contributed by atoms with Gasteiger partial charge in [0.2, 0.25) is 6.39 Å². The highest BCUT2D eigenvalue weighted by molar-refractivity contribution is 7.99. The zero-order valence-electron chi connectivity index (χ0n) is 18.2. The first kappa shape index (κ1) is 22.2. The van der Waals surface area contributed by atoms with Crippen molar-refractivity contribution in [1.29, 1.82) is 0 Å². The monoisotopic (exact) mass is 487 g/mol.